The fourth-order valence-corrected chi connectivity index (χ4v) is 3.14. The summed E-state index contributed by atoms with van der Waals surface area (Å²) in [4.78, 5) is 37.3. The number of benzene rings is 2. The van der Waals surface area contributed by atoms with Gasteiger partial charge in [0.2, 0.25) is 0 Å². The highest BCUT2D eigenvalue weighted by atomic mass is 35.5. The largest absolute Gasteiger partial charge is 0.453 e. The highest BCUT2D eigenvalue weighted by Crippen LogP contribution is 2.25. The average Bonchev–Trinajstić information content (AvgIpc) is 2.68. The van der Waals surface area contributed by atoms with Gasteiger partial charge < -0.3 is 10.1 Å². The van der Waals surface area contributed by atoms with Crippen molar-refractivity contribution in [1.29, 1.82) is 0 Å². The van der Waals surface area contributed by atoms with Crippen LogP contribution in [0.1, 0.15) is 30.1 Å². The Hall–Kier alpha value is -2.02. The van der Waals surface area contributed by atoms with Crippen LogP contribution in [0.2, 0.25) is 10.0 Å². The summed E-state index contributed by atoms with van der Waals surface area (Å²) in [7, 11) is 0. The molecule has 0 aliphatic heterocycles. The lowest BCUT2D eigenvalue weighted by atomic mass is 10.1. The topological polar surface area (TPSA) is 72.5 Å². The summed E-state index contributed by atoms with van der Waals surface area (Å²) in [5.74, 6) is -1.31. The number of anilines is 1. The number of ether oxygens (including phenoxy) is 1. The first-order chi connectivity index (χ1) is 13.3. The first-order valence-electron chi connectivity index (χ1n) is 8.43. The molecule has 1 atom stereocenters. The normalized spacial score (nSPS) is 11.6. The van der Waals surface area contributed by atoms with E-state index in [4.69, 9.17) is 27.9 Å². The Morgan fingerprint density at radius 2 is 1.75 bits per heavy atom. The highest BCUT2D eigenvalue weighted by Gasteiger charge is 2.19. The summed E-state index contributed by atoms with van der Waals surface area (Å²) in [6, 6.07) is 11.8. The number of carbonyl (C=O) groups is 3. The molecule has 1 unspecified atom stereocenters. The Labute approximate surface area is 177 Å². The summed E-state index contributed by atoms with van der Waals surface area (Å²) in [5.41, 5.74) is 0.900. The zero-order chi connectivity index (χ0) is 20.7. The average molecular weight is 440 g/mol. The summed E-state index contributed by atoms with van der Waals surface area (Å²) >= 11 is 13.4. The van der Waals surface area contributed by atoms with E-state index in [1.54, 1.807) is 36.0 Å². The Bertz CT molecular complexity index is 871. The van der Waals surface area contributed by atoms with E-state index in [1.165, 1.54) is 13.0 Å². The fraction of sp³-hybridized carbons (Fsp3) is 0.250. The minimum absolute atomic E-state index is 0.00873. The Balaban J connectivity index is 1.82. The van der Waals surface area contributed by atoms with Gasteiger partial charge in [-0.1, -0.05) is 35.3 Å². The van der Waals surface area contributed by atoms with Gasteiger partial charge >= 0.3 is 5.97 Å². The second-order valence-corrected chi connectivity index (χ2v) is 7.62. The number of rotatable bonds is 8. The zero-order valence-electron chi connectivity index (χ0n) is 15.3. The van der Waals surface area contributed by atoms with Gasteiger partial charge in [-0.2, -0.15) is 0 Å². The van der Waals surface area contributed by atoms with Gasteiger partial charge in [0.1, 0.15) is 0 Å². The number of amides is 1. The lowest BCUT2D eigenvalue weighted by Crippen LogP contribution is -2.30. The molecule has 0 saturated carbocycles. The maximum absolute atomic E-state index is 12.2. The van der Waals surface area contributed by atoms with E-state index in [2.05, 4.69) is 5.32 Å². The molecule has 1 amide bonds. The number of hydrogen-bond donors (Lipinski definition) is 1. The van der Waals surface area contributed by atoms with Gasteiger partial charge in [0.05, 0.1) is 17.1 Å². The molecule has 0 aromatic heterocycles. The third kappa shape index (κ3) is 6.55. The molecule has 28 heavy (non-hydrogen) atoms. The molecule has 1 N–H and O–H groups in total. The molecule has 0 bridgehead atoms. The van der Waals surface area contributed by atoms with Gasteiger partial charge in [-0.3, -0.25) is 14.4 Å². The first kappa shape index (κ1) is 22.3. The Morgan fingerprint density at radius 3 is 2.36 bits per heavy atom. The first-order valence-corrected chi connectivity index (χ1v) is 10.4. The van der Waals surface area contributed by atoms with Crippen molar-refractivity contribution in [3.05, 3.63) is 58.1 Å². The van der Waals surface area contributed by atoms with E-state index in [1.807, 2.05) is 18.4 Å². The van der Waals surface area contributed by atoms with E-state index >= 15 is 0 Å². The van der Waals surface area contributed by atoms with Crippen LogP contribution in [0.15, 0.2) is 47.4 Å². The molecule has 5 nitrogen and oxygen atoms in total. The molecule has 2 rings (SSSR count). The lowest BCUT2D eigenvalue weighted by molar-refractivity contribution is -0.153. The number of Topliss-reactive ketones (excluding diaryl/α,β-unsaturated/α-hetero) is 1. The number of nitrogens with one attached hydrogen (secondary N) is 1. The zero-order valence-corrected chi connectivity index (χ0v) is 17.7. The number of esters is 1. The molecule has 8 heteroatoms. The smallest absolute Gasteiger partial charge is 0.307 e. The van der Waals surface area contributed by atoms with E-state index in [0.29, 0.717) is 16.3 Å². The van der Waals surface area contributed by atoms with E-state index in [0.717, 1.165) is 4.90 Å². The van der Waals surface area contributed by atoms with Gasteiger partial charge in [-0.15, -0.1) is 11.8 Å². The maximum Gasteiger partial charge on any atom is 0.307 e. The maximum atomic E-state index is 12.2. The quantitative estimate of drug-likeness (QED) is 0.345. The SMILES string of the molecule is CSc1ccc(C(=O)CCC(=O)OC(C)C(=O)Nc2ccc(Cl)cc2Cl)cc1. The Kier molecular flexibility index (Phi) is 8.35. The van der Waals surface area contributed by atoms with Crippen molar-refractivity contribution in [1.82, 2.24) is 0 Å². The van der Waals surface area contributed by atoms with Crippen LogP contribution in [0.3, 0.4) is 0 Å². The second kappa shape index (κ2) is 10.5. The predicted molar refractivity (Wildman–Crippen MR) is 112 cm³/mol. The molecule has 2 aromatic rings. The molecule has 0 fully saturated rings. The standard InChI is InChI=1S/C20H19Cl2NO4S/c1-12(20(26)23-17-8-5-14(21)11-16(17)22)27-19(25)10-9-18(24)13-3-6-15(28-2)7-4-13/h3-8,11-12H,9-10H2,1-2H3,(H,23,26). The van der Waals surface area contributed by atoms with Crippen LogP contribution in [0.4, 0.5) is 5.69 Å². The van der Waals surface area contributed by atoms with Crippen molar-refractivity contribution >= 4 is 58.3 Å². The van der Waals surface area contributed by atoms with Gasteiger partial charge in [0.25, 0.3) is 5.91 Å². The molecule has 0 spiro atoms. The van der Waals surface area contributed by atoms with Crippen LogP contribution in [-0.4, -0.2) is 30.0 Å². The van der Waals surface area contributed by atoms with E-state index in [9.17, 15) is 14.4 Å². The van der Waals surface area contributed by atoms with Crippen molar-refractivity contribution in [3.63, 3.8) is 0 Å². The molecule has 0 aliphatic carbocycles. The molecule has 0 radical (unpaired) electrons. The van der Waals surface area contributed by atoms with Gasteiger partial charge in [-0.05, 0) is 43.5 Å². The summed E-state index contributed by atoms with van der Waals surface area (Å²) in [6.07, 6.45) is 0.817. The van der Waals surface area contributed by atoms with Crippen LogP contribution in [-0.2, 0) is 14.3 Å². The minimum atomic E-state index is -1.03. The van der Waals surface area contributed by atoms with Crippen LogP contribution >= 0.6 is 35.0 Å². The van der Waals surface area contributed by atoms with Crippen molar-refractivity contribution in [3.8, 4) is 0 Å². The third-order valence-electron chi connectivity index (χ3n) is 3.83. The molecule has 0 aliphatic rings. The third-order valence-corrected chi connectivity index (χ3v) is 5.13. The molecule has 0 heterocycles. The van der Waals surface area contributed by atoms with Gasteiger partial charge in [0, 0.05) is 21.9 Å². The number of hydrogen-bond acceptors (Lipinski definition) is 5. The van der Waals surface area contributed by atoms with Crippen molar-refractivity contribution < 1.29 is 19.1 Å². The Morgan fingerprint density at radius 1 is 1.07 bits per heavy atom. The van der Waals surface area contributed by atoms with Crippen molar-refractivity contribution in [2.24, 2.45) is 0 Å². The minimum Gasteiger partial charge on any atom is -0.453 e. The summed E-state index contributed by atoms with van der Waals surface area (Å²) in [5, 5.41) is 3.28. The van der Waals surface area contributed by atoms with Crippen LogP contribution in [0, 0.1) is 0 Å². The number of halogens is 2. The molecule has 148 valence electrons. The number of carbonyl (C=O) groups excluding carboxylic acids is 3. The number of thioether (sulfide) groups is 1. The van der Waals surface area contributed by atoms with Gasteiger partial charge in [0.15, 0.2) is 11.9 Å². The summed E-state index contributed by atoms with van der Waals surface area (Å²) < 4.78 is 5.10. The highest BCUT2D eigenvalue weighted by molar-refractivity contribution is 7.98. The van der Waals surface area contributed by atoms with Crippen molar-refractivity contribution in [2.45, 2.75) is 30.8 Å². The fourth-order valence-electron chi connectivity index (χ4n) is 2.27. The van der Waals surface area contributed by atoms with E-state index in [-0.39, 0.29) is 23.6 Å². The van der Waals surface area contributed by atoms with E-state index < -0.39 is 18.0 Å². The molecule has 0 saturated heterocycles. The van der Waals surface area contributed by atoms with Crippen molar-refractivity contribution in [2.75, 3.05) is 11.6 Å². The van der Waals surface area contributed by atoms with Crippen LogP contribution < -0.4 is 5.32 Å². The molecular weight excluding hydrogens is 421 g/mol. The van der Waals surface area contributed by atoms with Crippen LogP contribution in [0.5, 0.6) is 0 Å². The van der Waals surface area contributed by atoms with Gasteiger partial charge in [-0.25, -0.2) is 0 Å². The molecular formula is C20H19Cl2NO4S. The lowest BCUT2D eigenvalue weighted by Gasteiger charge is -2.14. The predicted octanol–water partition coefficient (Wildman–Crippen LogP) is 5.25. The van der Waals surface area contributed by atoms with Crippen LogP contribution in [0.25, 0.3) is 0 Å². The molecule has 2 aromatic carbocycles. The monoisotopic (exact) mass is 439 g/mol. The number of ketones is 1. The second-order valence-electron chi connectivity index (χ2n) is 5.90. The summed E-state index contributed by atoms with van der Waals surface area (Å²) in [6.45, 7) is 1.44.